The first-order chi connectivity index (χ1) is 11.6. The van der Waals surface area contributed by atoms with Crippen LogP contribution in [0.15, 0.2) is 46.9 Å². The molecule has 0 saturated carbocycles. The van der Waals surface area contributed by atoms with Crippen LogP contribution in [0, 0.1) is 0 Å². The van der Waals surface area contributed by atoms with Crippen LogP contribution >= 0.6 is 22.9 Å². The monoisotopic (exact) mass is 358 g/mol. The fourth-order valence-corrected chi connectivity index (χ4v) is 3.59. The smallest absolute Gasteiger partial charge is 0.309 e. The van der Waals surface area contributed by atoms with Crippen LogP contribution in [-0.2, 0) is 11.2 Å². The molecule has 0 aliphatic carbocycles. The molecule has 24 heavy (non-hydrogen) atoms. The molecule has 0 bridgehead atoms. The molecule has 0 aliphatic rings. The number of aromatic nitrogens is 2. The lowest BCUT2D eigenvalue weighted by molar-refractivity contribution is -0.136. The Bertz CT molecular complexity index is 1010. The molecule has 0 aliphatic heterocycles. The standard InChI is InChI=1S/C17H11ClN2O3S/c18-14-6-5-13(24-14)16-11(8-15(21)22)20-17(23-16)12-7-9-3-1-2-4-10(9)19-12/h1-7,19H,8H2,(H,21,22). The Morgan fingerprint density at radius 1 is 1.29 bits per heavy atom. The summed E-state index contributed by atoms with van der Waals surface area (Å²) in [5.74, 6) is -0.152. The predicted octanol–water partition coefficient (Wildman–Crippen LogP) is 4.83. The Kier molecular flexibility index (Phi) is 3.63. The highest BCUT2D eigenvalue weighted by molar-refractivity contribution is 7.19. The van der Waals surface area contributed by atoms with Crippen molar-refractivity contribution in [2.45, 2.75) is 6.42 Å². The number of carboxylic acids is 1. The van der Waals surface area contributed by atoms with E-state index in [-0.39, 0.29) is 6.42 Å². The molecule has 7 heteroatoms. The number of nitrogens with zero attached hydrogens (tertiary/aromatic N) is 1. The van der Waals surface area contributed by atoms with Gasteiger partial charge in [0.05, 0.1) is 21.3 Å². The average molecular weight is 359 g/mol. The fraction of sp³-hybridized carbons (Fsp3) is 0.0588. The molecule has 1 aromatic carbocycles. The van der Waals surface area contributed by atoms with Gasteiger partial charge in [0.25, 0.3) is 0 Å². The van der Waals surface area contributed by atoms with Crippen LogP contribution in [0.2, 0.25) is 4.34 Å². The third-order valence-corrected chi connectivity index (χ3v) is 4.80. The molecule has 0 spiro atoms. The summed E-state index contributed by atoms with van der Waals surface area (Å²) in [6, 6.07) is 13.3. The Morgan fingerprint density at radius 3 is 2.83 bits per heavy atom. The Balaban J connectivity index is 1.84. The molecule has 4 rings (SSSR count). The van der Waals surface area contributed by atoms with E-state index in [4.69, 9.17) is 21.1 Å². The third-order valence-electron chi connectivity index (χ3n) is 3.57. The number of carbonyl (C=O) groups is 1. The molecule has 0 radical (unpaired) electrons. The molecule has 0 fully saturated rings. The van der Waals surface area contributed by atoms with Gasteiger partial charge in [-0.05, 0) is 24.3 Å². The van der Waals surface area contributed by atoms with E-state index in [2.05, 4.69) is 9.97 Å². The summed E-state index contributed by atoms with van der Waals surface area (Å²) in [4.78, 5) is 19.5. The molecule has 4 aromatic rings. The van der Waals surface area contributed by atoms with Gasteiger partial charge in [-0.2, -0.15) is 0 Å². The van der Waals surface area contributed by atoms with Crippen LogP contribution < -0.4 is 0 Å². The highest BCUT2D eigenvalue weighted by atomic mass is 35.5. The second kappa shape index (κ2) is 5.81. The van der Waals surface area contributed by atoms with Crippen molar-refractivity contribution in [3.05, 3.63) is 52.5 Å². The number of hydrogen-bond acceptors (Lipinski definition) is 4. The summed E-state index contributed by atoms with van der Waals surface area (Å²) in [6.45, 7) is 0. The molecular weight excluding hydrogens is 348 g/mol. The van der Waals surface area contributed by atoms with E-state index in [9.17, 15) is 4.79 Å². The number of H-pyrrole nitrogens is 1. The van der Waals surface area contributed by atoms with Crippen LogP contribution in [0.3, 0.4) is 0 Å². The summed E-state index contributed by atoms with van der Waals surface area (Å²) in [7, 11) is 0. The van der Waals surface area contributed by atoms with Gasteiger partial charge >= 0.3 is 5.97 Å². The highest BCUT2D eigenvalue weighted by Gasteiger charge is 2.20. The molecule has 2 N–H and O–H groups in total. The predicted molar refractivity (Wildman–Crippen MR) is 93.5 cm³/mol. The molecule has 0 unspecified atom stereocenters. The van der Waals surface area contributed by atoms with Gasteiger partial charge in [-0.25, -0.2) is 4.98 Å². The number of carboxylic acid groups (broad SMARTS) is 1. The number of oxazole rings is 1. The van der Waals surface area contributed by atoms with Crippen LogP contribution in [0.1, 0.15) is 5.69 Å². The van der Waals surface area contributed by atoms with Gasteiger partial charge in [-0.1, -0.05) is 29.8 Å². The van der Waals surface area contributed by atoms with E-state index in [0.717, 1.165) is 15.8 Å². The van der Waals surface area contributed by atoms with Crippen molar-refractivity contribution in [1.82, 2.24) is 9.97 Å². The van der Waals surface area contributed by atoms with Gasteiger partial charge in [-0.15, -0.1) is 11.3 Å². The summed E-state index contributed by atoms with van der Waals surface area (Å²) in [5, 5.41) is 10.2. The maximum absolute atomic E-state index is 11.1. The molecule has 3 aromatic heterocycles. The molecule has 120 valence electrons. The zero-order chi connectivity index (χ0) is 16.7. The first-order valence-corrected chi connectivity index (χ1v) is 8.35. The van der Waals surface area contributed by atoms with Crippen molar-refractivity contribution in [1.29, 1.82) is 0 Å². The molecule has 0 atom stereocenters. The van der Waals surface area contributed by atoms with Crippen LogP contribution in [-0.4, -0.2) is 21.0 Å². The van der Waals surface area contributed by atoms with Crippen molar-refractivity contribution in [3.63, 3.8) is 0 Å². The van der Waals surface area contributed by atoms with Gasteiger partial charge < -0.3 is 14.5 Å². The minimum atomic E-state index is -0.963. The van der Waals surface area contributed by atoms with Crippen molar-refractivity contribution in [3.8, 4) is 22.2 Å². The lowest BCUT2D eigenvalue weighted by atomic mass is 10.2. The van der Waals surface area contributed by atoms with Gasteiger partial charge in [0.15, 0.2) is 5.76 Å². The first-order valence-electron chi connectivity index (χ1n) is 7.15. The SMILES string of the molecule is O=C(O)Cc1nc(-c2cc3ccccc3[nH]2)oc1-c1ccc(Cl)s1. The van der Waals surface area contributed by atoms with Crippen molar-refractivity contribution in [2.75, 3.05) is 0 Å². The van der Waals surface area contributed by atoms with Crippen LogP contribution in [0.25, 0.3) is 33.1 Å². The lowest BCUT2D eigenvalue weighted by Gasteiger charge is -1.94. The van der Waals surface area contributed by atoms with Gasteiger partial charge in [0.1, 0.15) is 5.69 Å². The normalized spacial score (nSPS) is 11.2. The number of hydrogen-bond donors (Lipinski definition) is 2. The number of benzene rings is 1. The Morgan fingerprint density at radius 2 is 2.12 bits per heavy atom. The Labute approximate surface area is 145 Å². The molecule has 5 nitrogen and oxygen atoms in total. The zero-order valence-electron chi connectivity index (χ0n) is 12.2. The van der Waals surface area contributed by atoms with Gasteiger partial charge in [0, 0.05) is 10.9 Å². The van der Waals surface area contributed by atoms with Crippen molar-refractivity contribution < 1.29 is 14.3 Å². The zero-order valence-corrected chi connectivity index (χ0v) is 13.8. The minimum absolute atomic E-state index is 0.214. The summed E-state index contributed by atoms with van der Waals surface area (Å²) in [6.07, 6.45) is -0.214. The van der Waals surface area contributed by atoms with Crippen molar-refractivity contribution >= 4 is 39.8 Å². The highest BCUT2D eigenvalue weighted by Crippen LogP contribution is 2.36. The molecular formula is C17H11ClN2O3S. The van der Waals surface area contributed by atoms with E-state index in [1.807, 2.05) is 30.3 Å². The van der Waals surface area contributed by atoms with Gasteiger partial charge in [0.2, 0.25) is 5.89 Å². The summed E-state index contributed by atoms with van der Waals surface area (Å²) in [5.41, 5.74) is 2.05. The average Bonchev–Trinajstić information content (AvgIpc) is 3.23. The molecule has 0 amide bonds. The van der Waals surface area contributed by atoms with Gasteiger partial charge in [-0.3, -0.25) is 4.79 Å². The maximum atomic E-state index is 11.1. The maximum Gasteiger partial charge on any atom is 0.309 e. The van der Waals surface area contributed by atoms with E-state index < -0.39 is 5.97 Å². The third kappa shape index (κ3) is 2.70. The summed E-state index contributed by atoms with van der Waals surface area (Å²) < 4.78 is 6.48. The number of halogens is 1. The number of aliphatic carboxylic acids is 1. The lowest BCUT2D eigenvalue weighted by Crippen LogP contribution is -2.01. The van der Waals surface area contributed by atoms with Crippen LogP contribution in [0.5, 0.6) is 0 Å². The number of aromatic amines is 1. The Hall–Kier alpha value is -2.57. The topological polar surface area (TPSA) is 79.1 Å². The quantitative estimate of drug-likeness (QED) is 0.547. The molecule has 3 heterocycles. The second-order valence-corrected chi connectivity index (χ2v) is 6.95. The van der Waals surface area contributed by atoms with E-state index in [0.29, 0.717) is 27.4 Å². The minimum Gasteiger partial charge on any atom is -0.481 e. The number of nitrogens with one attached hydrogen (secondary N) is 1. The first kappa shape index (κ1) is 15.0. The molecule has 0 saturated heterocycles. The summed E-state index contributed by atoms with van der Waals surface area (Å²) >= 11 is 7.30. The number of thiophene rings is 1. The van der Waals surface area contributed by atoms with E-state index in [1.54, 1.807) is 12.1 Å². The number of para-hydroxylation sites is 1. The number of fused-ring (bicyclic) bond motifs is 1. The van der Waals surface area contributed by atoms with Crippen molar-refractivity contribution in [2.24, 2.45) is 0 Å². The fourth-order valence-electron chi connectivity index (χ4n) is 2.55. The largest absolute Gasteiger partial charge is 0.481 e. The van der Waals surface area contributed by atoms with E-state index >= 15 is 0 Å². The second-order valence-electron chi connectivity index (χ2n) is 5.24. The van der Waals surface area contributed by atoms with E-state index in [1.165, 1.54) is 11.3 Å². The number of rotatable bonds is 4. The van der Waals surface area contributed by atoms with Crippen LogP contribution in [0.4, 0.5) is 0 Å².